The van der Waals surface area contributed by atoms with Gasteiger partial charge in [0.15, 0.2) is 6.29 Å². The van der Waals surface area contributed by atoms with Crippen molar-refractivity contribution in [2.75, 3.05) is 26.9 Å². The van der Waals surface area contributed by atoms with E-state index in [1.54, 1.807) is 7.11 Å². The van der Waals surface area contributed by atoms with Crippen molar-refractivity contribution in [3.8, 4) is 5.75 Å². The second kappa shape index (κ2) is 7.07. The van der Waals surface area contributed by atoms with Crippen molar-refractivity contribution in [1.29, 1.82) is 0 Å². The predicted molar refractivity (Wildman–Crippen MR) is 79.2 cm³/mol. The Morgan fingerprint density at radius 2 is 1.95 bits per heavy atom. The summed E-state index contributed by atoms with van der Waals surface area (Å²) in [5, 5.41) is 3.53. The second-order valence-corrected chi connectivity index (χ2v) is 5.20. The van der Waals surface area contributed by atoms with Crippen molar-refractivity contribution in [2.24, 2.45) is 0 Å². The van der Waals surface area contributed by atoms with Gasteiger partial charge in [-0.2, -0.15) is 0 Å². The smallest absolute Gasteiger partial charge is 0.159 e. The van der Waals surface area contributed by atoms with Gasteiger partial charge in [-0.25, -0.2) is 0 Å². The highest BCUT2D eigenvalue weighted by Gasteiger charge is 2.23. The third-order valence-corrected chi connectivity index (χ3v) is 3.73. The second-order valence-electron chi connectivity index (χ2n) is 5.20. The predicted octanol–water partition coefficient (Wildman–Crippen LogP) is 2.73. The monoisotopic (exact) mass is 279 g/mol. The van der Waals surface area contributed by atoms with Gasteiger partial charge in [-0.1, -0.05) is 13.0 Å². The summed E-state index contributed by atoms with van der Waals surface area (Å²) in [5.41, 5.74) is 3.69. The number of ether oxygens (including phenoxy) is 3. The highest BCUT2D eigenvalue weighted by atomic mass is 16.7. The van der Waals surface area contributed by atoms with E-state index in [-0.39, 0.29) is 12.3 Å². The molecular weight excluding hydrogens is 254 g/mol. The van der Waals surface area contributed by atoms with E-state index in [0.29, 0.717) is 13.2 Å². The van der Waals surface area contributed by atoms with Crippen LogP contribution < -0.4 is 10.1 Å². The Balaban J connectivity index is 2.21. The van der Waals surface area contributed by atoms with E-state index in [4.69, 9.17) is 14.2 Å². The number of methoxy groups -OCH3 is 1. The molecule has 0 saturated carbocycles. The molecule has 20 heavy (non-hydrogen) atoms. The van der Waals surface area contributed by atoms with Crippen LogP contribution in [-0.2, 0) is 9.47 Å². The van der Waals surface area contributed by atoms with Gasteiger partial charge in [0.2, 0.25) is 0 Å². The fourth-order valence-electron chi connectivity index (χ4n) is 2.71. The highest BCUT2D eigenvalue weighted by Crippen LogP contribution is 2.30. The fraction of sp³-hybridized carbons (Fsp3) is 0.625. The third kappa shape index (κ3) is 3.51. The first-order valence-electron chi connectivity index (χ1n) is 7.27. The Hall–Kier alpha value is -1.10. The van der Waals surface area contributed by atoms with E-state index in [1.807, 2.05) is 0 Å². The third-order valence-electron chi connectivity index (χ3n) is 3.73. The van der Waals surface area contributed by atoms with E-state index >= 15 is 0 Å². The average Bonchev–Trinajstić information content (AvgIpc) is 2.93. The first-order chi connectivity index (χ1) is 9.65. The van der Waals surface area contributed by atoms with Gasteiger partial charge in [0, 0.05) is 12.5 Å². The van der Waals surface area contributed by atoms with Crippen LogP contribution in [0.1, 0.15) is 36.1 Å². The molecule has 1 aromatic rings. The minimum atomic E-state index is -0.0964. The quantitative estimate of drug-likeness (QED) is 0.869. The van der Waals surface area contributed by atoms with E-state index in [0.717, 1.165) is 24.3 Å². The van der Waals surface area contributed by atoms with E-state index in [1.165, 1.54) is 11.1 Å². The summed E-state index contributed by atoms with van der Waals surface area (Å²) < 4.78 is 16.5. The SMILES string of the molecule is CCNC(CC1OCCO1)c1cc(C)c(OC)cc1C. The van der Waals surface area contributed by atoms with Crippen LogP contribution in [0.5, 0.6) is 5.75 Å². The molecule has 0 radical (unpaired) electrons. The molecule has 112 valence electrons. The van der Waals surface area contributed by atoms with Crippen LogP contribution in [0.2, 0.25) is 0 Å². The Morgan fingerprint density at radius 1 is 1.25 bits per heavy atom. The molecule has 0 aliphatic carbocycles. The maximum atomic E-state index is 5.58. The molecule has 1 N–H and O–H groups in total. The number of hydrogen-bond acceptors (Lipinski definition) is 4. The molecule has 0 bridgehead atoms. The number of hydrogen-bond donors (Lipinski definition) is 1. The van der Waals surface area contributed by atoms with E-state index in [2.05, 4.69) is 38.2 Å². The summed E-state index contributed by atoms with van der Waals surface area (Å²) in [6.07, 6.45) is 0.737. The minimum absolute atomic E-state index is 0.0964. The van der Waals surface area contributed by atoms with E-state index < -0.39 is 0 Å². The summed E-state index contributed by atoms with van der Waals surface area (Å²) in [4.78, 5) is 0. The van der Waals surface area contributed by atoms with Gasteiger partial charge < -0.3 is 19.5 Å². The summed E-state index contributed by atoms with van der Waals surface area (Å²) in [7, 11) is 1.71. The van der Waals surface area contributed by atoms with Crippen LogP contribution >= 0.6 is 0 Å². The van der Waals surface area contributed by atoms with Crippen LogP contribution in [0.25, 0.3) is 0 Å². The molecule has 4 heteroatoms. The van der Waals surface area contributed by atoms with Gasteiger partial charge in [-0.15, -0.1) is 0 Å². The van der Waals surface area contributed by atoms with E-state index in [9.17, 15) is 0 Å². The lowest BCUT2D eigenvalue weighted by atomic mass is 9.96. The first-order valence-corrected chi connectivity index (χ1v) is 7.27. The lowest BCUT2D eigenvalue weighted by Gasteiger charge is -2.24. The van der Waals surface area contributed by atoms with Crippen molar-refractivity contribution >= 4 is 0 Å². The highest BCUT2D eigenvalue weighted by molar-refractivity contribution is 5.42. The summed E-state index contributed by atoms with van der Waals surface area (Å²) >= 11 is 0. The maximum Gasteiger partial charge on any atom is 0.159 e. The van der Waals surface area contributed by atoms with Gasteiger partial charge in [-0.3, -0.25) is 0 Å². The summed E-state index contributed by atoms with van der Waals surface area (Å²) in [5.74, 6) is 0.940. The zero-order chi connectivity index (χ0) is 14.5. The molecule has 1 fully saturated rings. The van der Waals surface area contributed by atoms with Crippen LogP contribution in [0.4, 0.5) is 0 Å². The van der Waals surface area contributed by atoms with Crippen LogP contribution in [0.15, 0.2) is 12.1 Å². The molecule has 1 unspecified atom stereocenters. The molecular formula is C16H25NO3. The fourth-order valence-corrected chi connectivity index (χ4v) is 2.71. The Labute approximate surface area is 121 Å². The van der Waals surface area contributed by atoms with Gasteiger partial charge in [-0.05, 0) is 43.1 Å². The van der Waals surface area contributed by atoms with Crippen molar-refractivity contribution in [1.82, 2.24) is 5.32 Å². The Morgan fingerprint density at radius 3 is 2.55 bits per heavy atom. The summed E-state index contributed by atoms with van der Waals surface area (Å²) in [6.45, 7) is 8.64. The molecule has 0 amide bonds. The maximum absolute atomic E-state index is 5.58. The largest absolute Gasteiger partial charge is 0.496 e. The van der Waals surface area contributed by atoms with Crippen molar-refractivity contribution < 1.29 is 14.2 Å². The molecule has 0 spiro atoms. The molecule has 1 aromatic carbocycles. The molecule has 1 heterocycles. The molecule has 4 nitrogen and oxygen atoms in total. The zero-order valence-electron chi connectivity index (χ0n) is 12.9. The molecule has 1 saturated heterocycles. The molecule has 1 aliphatic heterocycles. The number of benzene rings is 1. The average molecular weight is 279 g/mol. The van der Waals surface area contributed by atoms with Crippen LogP contribution in [0, 0.1) is 13.8 Å². The standard InChI is InChI=1S/C16H25NO3/c1-5-17-14(10-16-19-6-7-20-16)13-8-12(3)15(18-4)9-11(13)2/h8-9,14,16-17H,5-7,10H2,1-4H3. The molecule has 2 rings (SSSR count). The Bertz CT molecular complexity index is 442. The van der Waals surface area contributed by atoms with Gasteiger partial charge >= 0.3 is 0 Å². The van der Waals surface area contributed by atoms with Gasteiger partial charge in [0.1, 0.15) is 5.75 Å². The first kappa shape index (κ1) is 15.3. The molecule has 1 aliphatic rings. The van der Waals surface area contributed by atoms with Crippen LogP contribution in [0.3, 0.4) is 0 Å². The van der Waals surface area contributed by atoms with Crippen molar-refractivity contribution in [3.63, 3.8) is 0 Å². The molecule has 1 atom stereocenters. The van der Waals surface area contributed by atoms with Crippen molar-refractivity contribution in [2.45, 2.75) is 39.5 Å². The normalized spacial score (nSPS) is 17.4. The summed E-state index contributed by atoms with van der Waals surface area (Å²) in [6, 6.07) is 4.55. The van der Waals surface area contributed by atoms with Crippen LogP contribution in [-0.4, -0.2) is 33.2 Å². The van der Waals surface area contributed by atoms with Gasteiger partial charge in [0.05, 0.1) is 20.3 Å². The number of rotatable bonds is 6. The lowest BCUT2D eigenvalue weighted by molar-refractivity contribution is -0.0529. The minimum Gasteiger partial charge on any atom is -0.496 e. The zero-order valence-corrected chi connectivity index (χ0v) is 12.9. The number of nitrogens with one attached hydrogen (secondary N) is 1. The van der Waals surface area contributed by atoms with Crippen molar-refractivity contribution in [3.05, 3.63) is 28.8 Å². The molecule has 0 aromatic heterocycles. The lowest BCUT2D eigenvalue weighted by Crippen LogP contribution is -2.26. The van der Waals surface area contributed by atoms with Gasteiger partial charge in [0.25, 0.3) is 0 Å². The Kier molecular flexibility index (Phi) is 5.40. The topological polar surface area (TPSA) is 39.7 Å². The number of aryl methyl sites for hydroxylation is 2.